The van der Waals surface area contributed by atoms with Gasteiger partial charge in [-0.15, -0.1) is 0 Å². The average Bonchev–Trinajstić information content (AvgIpc) is 2.17. The summed E-state index contributed by atoms with van der Waals surface area (Å²) in [5.74, 6) is 0.268. The first-order valence-electron chi connectivity index (χ1n) is 5.45. The zero-order chi connectivity index (χ0) is 10.8. The molecule has 0 aliphatic carbocycles. The first-order valence-corrected chi connectivity index (χ1v) is 5.45. The Bertz CT molecular complexity index is 148. The maximum atomic E-state index is 11.5. The highest BCUT2D eigenvalue weighted by Crippen LogP contribution is 2.02. The third kappa shape index (κ3) is 6.89. The highest BCUT2D eigenvalue weighted by molar-refractivity contribution is 5.75. The van der Waals surface area contributed by atoms with Crippen molar-refractivity contribution in [1.29, 1.82) is 0 Å². The van der Waals surface area contributed by atoms with Crippen LogP contribution in [0.1, 0.15) is 39.0 Å². The standard InChI is InChI=1S/C11H23NO2/c1-4-9-12(2)11(13)8-6-5-7-10-14-3/h4-10H2,1-3H3. The Balaban J connectivity index is 3.34. The first-order chi connectivity index (χ1) is 6.72. The summed E-state index contributed by atoms with van der Waals surface area (Å²) in [4.78, 5) is 13.3. The van der Waals surface area contributed by atoms with Gasteiger partial charge in [0.25, 0.3) is 0 Å². The minimum atomic E-state index is 0.268. The minimum absolute atomic E-state index is 0.268. The smallest absolute Gasteiger partial charge is 0.222 e. The molecule has 1 amide bonds. The van der Waals surface area contributed by atoms with Crippen LogP contribution in [0.4, 0.5) is 0 Å². The molecule has 0 spiro atoms. The van der Waals surface area contributed by atoms with Crippen molar-refractivity contribution in [1.82, 2.24) is 4.90 Å². The number of rotatable bonds is 8. The quantitative estimate of drug-likeness (QED) is 0.563. The summed E-state index contributed by atoms with van der Waals surface area (Å²) >= 11 is 0. The second kappa shape index (κ2) is 9.00. The molecular weight excluding hydrogens is 178 g/mol. The van der Waals surface area contributed by atoms with Gasteiger partial charge in [0.15, 0.2) is 0 Å². The fourth-order valence-corrected chi connectivity index (χ4v) is 1.35. The molecule has 0 saturated heterocycles. The number of hydrogen-bond acceptors (Lipinski definition) is 2. The molecule has 0 aliphatic heterocycles. The van der Waals surface area contributed by atoms with E-state index in [0.29, 0.717) is 6.42 Å². The third-order valence-electron chi connectivity index (χ3n) is 2.22. The van der Waals surface area contributed by atoms with E-state index in [9.17, 15) is 4.79 Å². The van der Waals surface area contributed by atoms with Gasteiger partial charge < -0.3 is 9.64 Å². The maximum absolute atomic E-state index is 11.5. The van der Waals surface area contributed by atoms with E-state index in [-0.39, 0.29) is 5.91 Å². The maximum Gasteiger partial charge on any atom is 0.222 e. The topological polar surface area (TPSA) is 29.5 Å². The molecule has 0 rings (SSSR count). The molecule has 0 heterocycles. The lowest BCUT2D eigenvalue weighted by Crippen LogP contribution is -2.26. The summed E-state index contributed by atoms with van der Waals surface area (Å²) in [7, 11) is 3.58. The van der Waals surface area contributed by atoms with Crippen molar-refractivity contribution in [3.8, 4) is 0 Å². The van der Waals surface area contributed by atoms with E-state index in [1.165, 1.54) is 0 Å². The van der Waals surface area contributed by atoms with Crippen LogP contribution < -0.4 is 0 Å². The fraction of sp³-hybridized carbons (Fsp3) is 0.909. The lowest BCUT2D eigenvalue weighted by atomic mass is 10.2. The van der Waals surface area contributed by atoms with Gasteiger partial charge in [-0.2, -0.15) is 0 Å². The van der Waals surface area contributed by atoms with Crippen LogP contribution in [-0.2, 0) is 9.53 Å². The molecule has 84 valence electrons. The Hall–Kier alpha value is -0.570. The van der Waals surface area contributed by atoms with Crippen molar-refractivity contribution >= 4 is 5.91 Å². The van der Waals surface area contributed by atoms with E-state index in [4.69, 9.17) is 4.74 Å². The van der Waals surface area contributed by atoms with Crippen molar-refractivity contribution in [3.05, 3.63) is 0 Å². The lowest BCUT2D eigenvalue weighted by Gasteiger charge is -2.15. The molecule has 14 heavy (non-hydrogen) atoms. The van der Waals surface area contributed by atoms with Gasteiger partial charge in [0.2, 0.25) is 5.91 Å². The zero-order valence-corrected chi connectivity index (χ0v) is 9.71. The molecule has 0 aliphatic rings. The van der Waals surface area contributed by atoms with Crippen LogP contribution in [0.3, 0.4) is 0 Å². The molecule has 0 atom stereocenters. The van der Waals surface area contributed by atoms with E-state index in [2.05, 4.69) is 6.92 Å². The van der Waals surface area contributed by atoms with Gasteiger partial charge in [-0.3, -0.25) is 4.79 Å². The number of carbonyl (C=O) groups excluding carboxylic acids is 1. The van der Waals surface area contributed by atoms with Crippen molar-refractivity contribution in [3.63, 3.8) is 0 Å². The van der Waals surface area contributed by atoms with Crippen LogP contribution >= 0.6 is 0 Å². The Kier molecular flexibility index (Phi) is 8.64. The summed E-state index contributed by atoms with van der Waals surface area (Å²) in [6, 6.07) is 0. The highest BCUT2D eigenvalue weighted by atomic mass is 16.5. The van der Waals surface area contributed by atoms with Crippen molar-refractivity contribution < 1.29 is 9.53 Å². The largest absolute Gasteiger partial charge is 0.385 e. The second-order valence-electron chi connectivity index (χ2n) is 3.62. The van der Waals surface area contributed by atoms with Crippen LogP contribution in [0.25, 0.3) is 0 Å². The number of ether oxygens (including phenoxy) is 1. The Morgan fingerprint density at radius 3 is 2.57 bits per heavy atom. The summed E-state index contributed by atoms with van der Waals surface area (Å²) in [6.45, 7) is 3.76. The molecule has 0 saturated carbocycles. The zero-order valence-electron chi connectivity index (χ0n) is 9.71. The fourth-order valence-electron chi connectivity index (χ4n) is 1.35. The van der Waals surface area contributed by atoms with Gasteiger partial charge in [-0.1, -0.05) is 13.3 Å². The van der Waals surface area contributed by atoms with Gasteiger partial charge >= 0.3 is 0 Å². The van der Waals surface area contributed by atoms with Gasteiger partial charge in [0.05, 0.1) is 0 Å². The van der Waals surface area contributed by atoms with Gasteiger partial charge in [0, 0.05) is 33.7 Å². The number of nitrogens with zero attached hydrogens (tertiary/aromatic N) is 1. The predicted octanol–water partition coefficient (Wildman–Crippen LogP) is 2.06. The summed E-state index contributed by atoms with van der Waals surface area (Å²) in [5, 5.41) is 0. The lowest BCUT2D eigenvalue weighted by molar-refractivity contribution is -0.130. The SMILES string of the molecule is CCCN(C)C(=O)CCCCCOC. The molecule has 3 heteroatoms. The molecule has 0 aromatic rings. The van der Waals surface area contributed by atoms with Crippen molar-refractivity contribution in [2.45, 2.75) is 39.0 Å². The minimum Gasteiger partial charge on any atom is -0.385 e. The van der Waals surface area contributed by atoms with E-state index in [0.717, 1.165) is 38.8 Å². The molecular formula is C11H23NO2. The molecule has 0 bridgehead atoms. The van der Waals surface area contributed by atoms with Crippen molar-refractivity contribution in [2.24, 2.45) is 0 Å². The molecule has 0 unspecified atom stereocenters. The van der Waals surface area contributed by atoms with Crippen LogP contribution in [0, 0.1) is 0 Å². The van der Waals surface area contributed by atoms with Crippen LogP contribution in [0.5, 0.6) is 0 Å². The molecule has 0 N–H and O–H groups in total. The van der Waals surface area contributed by atoms with E-state index in [1.54, 1.807) is 7.11 Å². The monoisotopic (exact) mass is 201 g/mol. The number of methoxy groups -OCH3 is 1. The Labute approximate surface area is 87.4 Å². The second-order valence-corrected chi connectivity index (χ2v) is 3.62. The normalized spacial score (nSPS) is 10.2. The first kappa shape index (κ1) is 13.4. The molecule has 3 nitrogen and oxygen atoms in total. The number of carbonyl (C=O) groups is 1. The van der Waals surface area contributed by atoms with Crippen molar-refractivity contribution in [2.75, 3.05) is 27.3 Å². The van der Waals surface area contributed by atoms with E-state index >= 15 is 0 Å². The van der Waals surface area contributed by atoms with Gasteiger partial charge in [-0.05, 0) is 19.3 Å². The van der Waals surface area contributed by atoms with Gasteiger partial charge in [0.1, 0.15) is 0 Å². The predicted molar refractivity (Wildman–Crippen MR) is 58.3 cm³/mol. The van der Waals surface area contributed by atoms with E-state index in [1.807, 2.05) is 11.9 Å². The molecule has 0 aromatic carbocycles. The third-order valence-corrected chi connectivity index (χ3v) is 2.22. The van der Waals surface area contributed by atoms with E-state index < -0.39 is 0 Å². The summed E-state index contributed by atoms with van der Waals surface area (Å²) in [6.07, 6.45) is 4.84. The van der Waals surface area contributed by atoms with Gasteiger partial charge in [-0.25, -0.2) is 0 Å². The number of unbranched alkanes of at least 4 members (excludes halogenated alkanes) is 2. The number of amides is 1. The van der Waals surface area contributed by atoms with Crippen LogP contribution in [0.15, 0.2) is 0 Å². The number of hydrogen-bond donors (Lipinski definition) is 0. The molecule has 0 fully saturated rings. The highest BCUT2D eigenvalue weighted by Gasteiger charge is 2.06. The Morgan fingerprint density at radius 1 is 1.29 bits per heavy atom. The average molecular weight is 201 g/mol. The molecule has 0 radical (unpaired) electrons. The summed E-state index contributed by atoms with van der Waals surface area (Å²) in [5.41, 5.74) is 0. The van der Waals surface area contributed by atoms with Crippen LogP contribution in [0.2, 0.25) is 0 Å². The molecule has 0 aromatic heterocycles. The summed E-state index contributed by atoms with van der Waals surface area (Å²) < 4.78 is 4.94. The Morgan fingerprint density at radius 2 is 2.00 bits per heavy atom. The van der Waals surface area contributed by atoms with Crippen LogP contribution in [-0.4, -0.2) is 38.1 Å².